The van der Waals surface area contributed by atoms with Crippen LogP contribution in [0.5, 0.6) is 0 Å². The summed E-state index contributed by atoms with van der Waals surface area (Å²) in [6.07, 6.45) is 1.70. The van der Waals surface area contributed by atoms with Gasteiger partial charge in [0, 0.05) is 25.4 Å². The van der Waals surface area contributed by atoms with E-state index in [2.05, 4.69) is 30.5 Å². The molecule has 0 spiro atoms. The second kappa shape index (κ2) is 11.1. The van der Waals surface area contributed by atoms with Crippen molar-refractivity contribution in [3.8, 4) is 22.6 Å². The molecule has 3 heterocycles. The fraction of sp³-hybridized carbons (Fsp3) is 0.440. The lowest BCUT2D eigenvalue weighted by Gasteiger charge is -2.35. The molecule has 1 saturated heterocycles. The van der Waals surface area contributed by atoms with E-state index in [-0.39, 0.29) is 24.9 Å². The zero-order chi connectivity index (χ0) is 25.7. The minimum Gasteiger partial charge on any atom is -0.357 e. The van der Waals surface area contributed by atoms with Gasteiger partial charge in [0.25, 0.3) is 0 Å². The SMILES string of the molecule is CNc1nccc(-c2[nH]c(C3OCC(C)(C(=O)NCCCN(C)C)CO3)nc2-c2ccc(F)cc2)n1. The number of carbonyl (C=O) groups is 1. The van der Waals surface area contributed by atoms with Crippen LogP contribution in [-0.4, -0.2) is 78.2 Å². The van der Waals surface area contributed by atoms with Gasteiger partial charge in [-0.05, 0) is 64.3 Å². The molecule has 0 bridgehead atoms. The van der Waals surface area contributed by atoms with Gasteiger partial charge in [-0.3, -0.25) is 4.79 Å². The molecule has 0 radical (unpaired) electrons. The third-order valence-electron chi connectivity index (χ3n) is 5.92. The fourth-order valence-corrected chi connectivity index (χ4v) is 3.83. The Balaban J connectivity index is 1.53. The molecule has 3 aromatic rings. The number of nitrogens with zero attached hydrogens (tertiary/aromatic N) is 4. The van der Waals surface area contributed by atoms with Crippen molar-refractivity contribution in [1.82, 2.24) is 30.2 Å². The predicted molar refractivity (Wildman–Crippen MR) is 133 cm³/mol. The molecule has 4 rings (SSSR count). The van der Waals surface area contributed by atoms with Crippen molar-refractivity contribution in [2.45, 2.75) is 19.6 Å². The maximum Gasteiger partial charge on any atom is 0.230 e. The molecular formula is C25H32FN7O3. The Morgan fingerprint density at radius 3 is 2.58 bits per heavy atom. The molecule has 10 nitrogen and oxygen atoms in total. The van der Waals surface area contributed by atoms with Crippen molar-refractivity contribution in [1.29, 1.82) is 0 Å². The Labute approximate surface area is 209 Å². The van der Waals surface area contributed by atoms with Crippen molar-refractivity contribution < 1.29 is 18.7 Å². The molecule has 0 atom stereocenters. The highest BCUT2D eigenvalue weighted by atomic mass is 19.1. The van der Waals surface area contributed by atoms with Gasteiger partial charge in [-0.1, -0.05) is 0 Å². The molecule has 1 aliphatic heterocycles. The van der Waals surface area contributed by atoms with Gasteiger partial charge in [0.1, 0.15) is 5.82 Å². The molecule has 0 saturated carbocycles. The van der Waals surface area contributed by atoms with Crippen LogP contribution in [0.2, 0.25) is 0 Å². The third-order valence-corrected chi connectivity index (χ3v) is 5.92. The number of H-pyrrole nitrogens is 1. The molecule has 192 valence electrons. The summed E-state index contributed by atoms with van der Waals surface area (Å²) in [7, 11) is 5.73. The van der Waals surface area contributed by atoms with E-state index in [1.807, 2.05) is 21.0 Å². The van der Waals surface area contributed by atoms with E-state index < -0.39 is 11.7 Å². The zero-order valence-electron chi connectivity index (χ0n) is 21.0. The second-order valence-corrected chi connectivity index (χ2v) is 9.30. The molecule has 2 aromatic heterocycles. The van der Waals surface area contributed by atoms with E-state index in [4.69, 9.17) is 14.5 Å². The van der Waals surface area contributed by atoms with Gasteiger partial charge in [0.2, 0.25) is 18.1 Å². The van der Waals surface area contributed by atoms with Crippen molar-refractivity contribution >= 4 is 11.9 Å². The number of hydrogen-bond acceptors (Lipinski definition) is 8. The summed E-state index contributed by atoms with van der Waals surface area (Å²) >= 11 is 0. The maximum atomic E-state index is 13.6. The van der Waals surface area contributed by atoms with E-state index in [9.17, 15) is 9.18 Å². The number of benzene rings is 1. The molecule has 36 heavy (non-hydrogen) atoms. The van der Waals surface area contributed by atoms with Gasteiger partial charge in [0.05, 0.1) is 35.7 Å². The van der Waals surface area contributed by atoms with Gasteiger partial charge < -0.3 is 30.0 Å². The number of nitrogens with one attached hydrogen (secondary N) is 3. The Morgan fingerprint density at radius 1 is 1.19 bits per heavy atom. The lowest BCUT2D eigenvalue weighted by Crippen LogP contribution is -2.49. The van der Waals surface area contributed by atoms with Gasteiger partial charge in [0.15, 0.2) is 5.82 Å². The summed E-state index contributed by atoms with van der Waals surface area (Å²) in [6.45, 7) is 3.66. The highest BCUT2D eigenvalue weighted by Crippen LogP contribution is 2.35. The lowest BCUT2D eigenvalue weighted by molar-refractivity contribution is -0.231. The summed E-state index contributed by atoms with van der Waals surface area (Å²) in [6, 6.07) is 7.81. The molecular weight excluding hydrogens is 465 g/mol. The van der Waals surface area contributed by atoms with E-state index in [1.54, 1.807) is 31.4 Å². The maximum absolute atomic E-state index is 13.6. The smallest absolute Gasteiger partial charge is 0.230 e. The van der Waals surface area contributed by atoms with E-state index >= 15 is 0 Å². The van der Waals surface area contributed by atoms with Gasteiger partial charge >= 0.3 is 0 Å². The number of aromatic amines is 1. The summed E-state index contributed by atoms with van der Waals surface area (Å²) in [4.78, 5) is 31.5. The van der Waals surface area contributed by atoms with Crippen LogP contribution in [0.1, 0.15) is 25.5 Å². The summed E-state index contributed by atoms with van der Waals surface area (Å²) in [5, 5.41) is 5.90. The highest BCUT2D eigenvalue weighted by Gasteiger charge is 2.40. The molecule has 1 amide bonds. The van der Waals surface area contributed by atoms with Gasteiger partial charge in [-0.2, -0.15) is 0 Å². The molecule has 0 aliphatic carbocycles. The first-order valence-corrected chi connectivity index (χ1v) is 11.8. The van der Waals surface area contributed by atoms with Gasteiger partial charge in [-0.15, -0.1) is 0 Å². The van der Waals surface area contributed by atoms with Crippen LogP contribution in [-0.2, 0) is 14.3 Å². The first kappa shape index (κ1) is 25.7. The Kier molecular flexibility index (Phi) is 7.92. The van der Waals surface area contributed by atoms with Crippen LogP contribution in [0, 0.1) is 11.2 Å². The minimum atomic E-state index is -0.807. The van der Waals surface area contributed by atoms with Crippen molar-refractivity contribution in [2.24, 2.45) is 5.41 Å². The van der Waals surface area contributed by atoms with Crippen LogP contribution in [0.25, 0.3) is 22.6 Å². The first-order valence-electron chi connectivity index (χ1n) is 11.8. The number of halogens is 1. The largest absolute Gasteiger partial charge is 0.357 e. The van der Waals surface area contributed by atoms with Crippen LogP contribution >= 0.6 is 0 Å². The number of carbonyl (C=O) groups excluding carboxylic acids is 1. The number of ether oxygens (including phenoxy) is 2. The van der Waals surface area contributed by atoms with E-state index in [0.29, 0.717) is 41.0 Å². The van der Waals surface area contributed by atoms with Crippen molar-refractivity contribution in [3.05, 3.63) is 48.2 Å². The molecule has 0 unspecified atom stereocenters. The quantitative estimate of drug-likeness (QED) is 0.387. The second-order valence-electron chi connectivity index (χ2n) is 9.30. The number of hydrogen-bond donors (Lipinski definition) is 3. The monoisotopic (exact) mass is 497 g/mol. The van der Waals surface area contributed by atoms with Crippen LogP contribution < -0.4 is 10.6 Å². The topological polar surface area (TPSA) is 117 Å². The summed E-state index contributed by atoms with van der Waals surface area (Å²) in [5.74, 6) is 0.440. The zero-order valence-corrected chi connectivity index (χ0v) is 21.0. The average molecular weight is 498 g/mol. The normalized spacial score (nSPS) is 19.9. The van der Waals surface area contributed by atoms with Crippen molar-refractivity contribution in [2.75, 3.05) is 52.8 Å². The molecule has 1 aromatic carbocycles. The van der Waals surface area contributed by atoms with E-state index in [1.165, 1.54) is 12.1 Å². The standard InChI is InChI=1S/C25H32FN7O3/c1-25(23(34)28-11-5-13-33(3)4)14-35-22(36-15-25)21-31-19(16-6-8-17(26)9-7-16)20(32-21)18-10-12-29-24(27-2)30-18/h6-10,12,22H,5,11,13-15H2,1-4H3,(H,28,34)(H,31,32)(H,27,29,30). The third kappa shape index (κ3) is 5.86. The van der Waals surface area contributed by atoms with E-state index in [0.717, 1.165) is 13.0 Å². The van der Waals surface area contributed by atoms with Crippen molar-refractivity contribution in [3.63, 3.8) is 0 Å². The number of rotatable bonds is 9. The Hall–Kier alpha value is -3.41. The Bertz CT molecular complexity index is 1170. The number of amides is 1. The number of aromatic nitrogens is 4. The summed E-state index contributed by atoms with van der Waals surface area (Å²) in [5.41, 5.74) is 1.69. The van der Waals surface area contributed by atoms with Crippen LogP contribution in [0.3, 0.4) is 0 Å². The fourth-order valence-electron chi connectivity index (χ4n) is 3.83. The number of imidazole rings is 1. The van der Waals surface area contributed by atoms with Crippen LogP contribution in [0.15, 0.2) is 36.5 Å². The van der Waals surface area contributed by atoms with Gasteiger partial charge in [-0.25, -0.2) is 19.3 Å². The highest BCUT2D eigenvalue weighted by molar-refractivity contribution is 5.82. The van der Waals surface area contributed by atoms with Crippen LogP contribution in [0.4, 0.5) is 10.3 Å². The molecule has 11 heteroatoms. The lowest BCUT2D eigenvalue weighted by atomic mass is 9.91. The Morgan fingerprint density at radius 2 is 1.92 bits per heavy atom. The number of anilines is 1. The first-order chi connectivity index (χ1) is 17.3. The minimum absolute atomic E-state index is 0.104. The summed E-state index contributed by atoms with van der Waals surface area (Å²) < 4.78 is 25.5. The molecule has 1 aliphatic rings. The predicted octanol–water partition coefficient (Wildman–Crippen LogP) is 2.83. The molecule has 3 N–H and O–H groups in total. The average Bonchev–Trinajstić information content (AvgIpc) is 3.32. The molecule has 1 fully saturated rings.